The van der Waals surface area contributed by atoms with Gasteiger partial charge in [-0.1, -0.05) is 58.0 Å². The first kappa shape index (κ1) is 38.8. The van der Waals surface area contributed by atoms with Crippen molar-refractivity contribution in [3.05, 3.63) is 35.9 Å². The molecule has 0 radical (unpaired) electrons. The molecule has 0 aliphatic carbocycles. The maximum Gasteiger partial charge on any atom is 0.311 e. The number of nitrogens with zero attached hydrogens (tertiary/aromatic N) is 1. The molecule has 2 aliphatic heterocycles. The highest BCUT2D eigenvalue weighted by molar-refractivity contribution is 5.73. The first-order chi connectivity index (χ1) is 21.3. The first-order valence-electron chi connectivity index (χ1n) is 16.8. The molecule has 1 aromatic rings. The Kier molecular flexibility index (Phi) is 13.2. The molecule has 11 heteroatoms. The van der Waals surface area contributed by atoms with Crippen molar-refractivity contribution >= 4 is 5.97 Å². The van der Waals surface area contributed by atoms with E-state index < -0.39 is 83.8 Å². The number of hydrogen-bond acceptors (Lipinski definition) is 11. The van der Waals surface area contributed by atoms with E-state index in [2.05, 4.69) is 0 Å². The number of aliphatic hydroxyl groups is 6. The van der Waals surface area contributed by atoms with Gasteiger partial charge in [-0.3, -0.25) is 9.69 Å². The number of likely N-dealkylation sites (N-methyl/N-ethyl adjacent to an activating group) is 1. The van der Waals surface area contributed by atoms with Gasteiger partial charge in [0, 0.05) is 24.4 Å². The fraction of sp³-hybridized carbons (Fsp3) is 0.800. The molecule has 0 unspecified atom stereocenters. The van der Waals surface area contributed by atoms with E-state index in [0.29, 0.717) is 13.0 Å². The lowest BCUT2D eigenvalue weighted by Crippen LogP contribution is -2.60. The predicted molar refractivity (Wildman–Crippen MR) is 172 cm³/mol. The minimum absolute atomic E-state index is 0.0269. The van der Waals surface area contributed by atoms with Gasteiger partial charge < -0.3 is 44.8 Å². The van der Waals surface area contributed by atoms with Gasteiger partial charge >= 0.3 is 5.97 Å². The molecule has 46 heavy (non-hydrogen) atoms. The molecule has 0 bridgehead atoms. The number of hydrogen-bond donors (Lipinski definition) is 6. The van der Waals surface area contributed by atoms with E-state index in [1.165, 1.54) is 20.8 Å². The van der Waals surface area contributed by atoms with Crippen LogP contribution in [0.5, 0.6) is 0 Å². The fourth-order valence-electron chi connectivity index (χ4n) is 7.50. The third-order valence-electron chi connectivity index (χ3n) is 10.5. The van der Waals surface area contributed by atoms with Gasteiger partial charge in [-0.2, -0.15) is 0 Å². The summed E-state index contributed by atoms with van der Waals surface area (Å²) in [4.78, 5) is 15.4. The highest BCUT2D eigenvalue weighted by atomic mass is 16.7. The van der Waals surface area contributed by atoms with Gasteiger partial charge in [0.15, 0.2) is 6.29 Å². The number of rotatable bonds is 6. The van der Waals surface area contributed by atoms with Crippen LogP contribution in [0.3, 0.4) is 0 Å². The van der Waals surface area contributed by atoms with E-state index in [-0.39, 0.29) is 25.0 Å². The lowest BCUT2D eigenvalue weighted by atomic mass is 9.73. The number of benzene rings is 1. The monoisotopic (exact) mass is 653 g/mol. The van der Waals surface area contributed by atoms with Crippen molar-refractivity contribution in [2.45, 2.75) is 147 Å². The van der Waals surface area contributed by atoms with E-state index >= 15 is 0 Å². The van der Waals surface area contributed by atoms with Gasteiger partial charge in [0.05, 0.1) is 42.0 Å². The smallest absolute Gasteiger partial charge is 0.311 e. The summed E-state index contributed by atoms with van der Waals surface area (Å²) in [6.07, 6.45) is -8.16. The van der Waals surface area contributed by atoms with Crippen LogP contribution in [0.4, 0.5) is 0 Å². The van der Waals surface area contributed by atoms with Gasteiger partial charge in [0.25, 0.3) is 0 Å². The molecule has 2 fully saturated rings. The Bertz CT molecular complexity index is 1100. The van der Waals surface area contributed by atoms with Crippen LogP contribution in [0, 0.1) is 23.7 Å². The standard InChI is InChI=1S/C35H59NO10/c1-10-26-35(8,43)30(40)21(4)27(37)19(2)17-34(7,42)31(22(5)28(38)23(6)32(41)45-26)46-33-29(39)25(16-20(3)44-33)36(9)18-24-14-12-11-13-15-24/h11-15,19-23,25-31,33,37-40,42-43H,10,16-18H2,1-9H3/t19-,20-,21+,22+,23-,25+,26-,27+,28+,29-,30-,31-,33+,34-,35-/m1/s1. The average molecular weight is 654 g/mol. The van der Waals surface area contributed by atoms with Crippen LogP contribution in [-0.4, -0.2) is 115 Å². The number of ether oxygens (including phenoxy) is 3. The summed E-state index contributed by atoms with van der Waals surface area (Å²) in [5.74, 6) is -4.22. The molecule has 0 aromatic heterocycles. The molecule has 15 atom stereocenters. The summed E-state index contributed by atoms with van der Waals surface area (Å²) in [7, 11) is 1.92. The van der Waals surface area contributed by atoms with Gasteiger partial charge in [-0.15, -0.1) is 0 Å². The molecular weight excluding hydrogens is 594 g/mol. The van der Waals surface area contributed by atoms with Crippen LogP contribution in [-0.2, 0) is 25.5 Å². The van der Waals surface area contributed by atoms with Crippen molar-refractivity contribution in [2.24, 2.45) is 23.7 Å². The second-order valence-electron chi connectivity index (χ2n) is 14.6. The lowest BCUT2D eigenvalue weighted by molar-refractivity contribution is -0.301. The van der Waals surface area contributed by atoms with Gasteiger partial charge in [0.1, 0.15) is 17.8 Å². The highest BCUT2D eigenvalue weighted by Gasteiger charge is 2.51. The quantitative estimate of drug-likeness (QED) is 0.249. The van der Waals surface area contributed by atoms with Crippen molar-refractivity contribution in [3.63, 3.8) is 0 Å². The van der Waals surface area contributed by atoms with E-state index in [4.69, 9.17) is 14.2 Å². The lowest BCUT2D eigenvalue weighted by Gasteiger charge is -2.48. The summed E-state index contributed by atoms with van der Waals surface area (Å²) in [5.41, 5.74) is -2.52. The molecule has 0 spiro atoms. The molecular formula is C35H59NO10. The largest absolute Gasteiger partial charge is 0.459 e. The SMILES string of the molecule is CC[C@H]1OC(=O)[C@H](C)[C@@H](O)[C@H](C)[C@@H](O[C@@H]2O[C@H](C)C[C@H](N(C)Cc3ccccc3)[C@H]2O)[C@](C)(O)C[C@@H](C)[C@H](O)[C@H](C)[C@@H](O)[C@]1(C)O. The average Bonchev–Trinajstić information content (AvgIpc) is 3.00. The van der Waals surface area contributed by atoms with Crippen molar-refractivity contribution in [3.8, 4) is 0 Å². The van der Waals surface area contributed by atoms with Crippen LogP contribution in [0.15, 0.2) is 30.3 Å². The minimum Gasteiger partial charge on any atom is -0.459 e. The molecule has 264 valence electrons. The first-order valence-corrected chi connectivity index (χ1v) is 16.8. The van der Waals surface area contributed by atoms with Crippen LogP contribution in [0.25, 0.3) is 0 Å². The summed E-state index contributed by atoms with van der Waals surface area (Å²) >= 11 is 0. The summed E-state index contributed by atoms with van der Waals surface area (Å²) < 4.78 is 18.2. The van der Waals surface area contributed by atoms with Crippen molar-refractivity contribution in [1.29, 1.82) is 0 Å². The Labute approximate surface area is 274 Å². The zero-order valence-corrected chi connectivity index (χ0v) is 29.0. The summed E-state index contributed by atoms with van der Waals surface area (Å²) in [6.45, 7) is 13.5. The van der Waals surface area contributed by atoms with Gasteiger partial charge in [0.2, 0.25) is 0 Å². The molecule has 2 saturated heterocycles. The van der Waals surface area contributed by atoms with Crippen molar-refractivity contribution < 1.29 is 49.6 Å². The molecule has 2 aliphatic rings. The maximum atomic E-state index is 13.3. The second kappa shape index (κ2) is 15.7. The molecule has 6 N–H and O–H groups in total. The Hall–Kier alpha value is -1.67. The Morgan fingerprint density at radius 2 is 1.54 bits per heavy atom. The zero-order chi connectivity index (χ0) is 34.7. The molecule has 0 saturated carbocycles. The number of aliphatic hydroxyl groups excluding tert-OH is 4. The number of esters is 1. The third kappa shape index (κ3) is 8.67. The van der Waals surface area contributed by atoms with Crippen molar-refractivity contribution in [1.82, 2.24) is 4.90 Å². The molecule has 2 heterocycles. The predicted octanol–water partition coefficient (Wildman–Crippen LogP) is 2.22. The number of cyclic esters (lactones) is 1. The van der Waals surface area contributed by atoms with E-state index in [9.17, 15) is 35.4 Å². The Morgan fingerprint density at radius 3 is 2.13 bits per heavy atom. The van der Waals surface area contributed by atoms with Crippen LogP contribution in [0.1, 0.15) is 80.2 Å². The molecule has 3 rings (SSSR count). The van der Waals surface area contributed by atoms with Crippen LogP contribution >= 0.6 is 0 Å². The Morgan fingerprint density at radius 1 is 0.935 bits per heavy atom. The minimum atomic E-state index is -1.89. The fourth-order valence-corrected chi connectivity index (χ4v) is 7.50. The highest BCUT2D eigenvalue weighted by Crippen LogP contribution is 2.38. The maximum absolute atomic E-state index is 13.3. The van der Waals surface area contributed by atoms with Crippen LogP contribution in [0.2, 0.25) is 0 Å². The third-order valence-corrected chi connectivity index (χ3v) is 10.5. The zero-order valence-electron chi connectivity index (χ0n) is 29.0. The van der Waals surface area contributed by atoms with E-state index in [1.54, 1.807) is 27.7 Å². The normalized spacial score (nSPS) is 45.2. The topological polar surface area (TPSA) is 169 Å². The molecule has 1 aromatic carbocycles. The van der Waals surface area contributed by atoms with E-state index in [0.717, 1.165) is 5.56 Å². The Balaban J connectivity index is 1.97. The molecule has 11 nitrogen and oxygen atoms in total. The van der Waals surface area contributed by atoms with E-state index in [1.807, 2.05) is 49.2 Å². The number of carbonyl (C=O) groups excluding carboxylic acids is 1. The number of carbonyl (C=O) groups is 1. The van der Waals surface area contributed by atoms with Gasteiger partial charge in [-0.25, -0.2) is 0 Å². The van der Waals surface area contributed by atoms with Gasteiger partial charge in [-0.05, 0) is 65.5 Å². The summed E-state index contributed by atoms with van der Waals surface area (Å²) in [6, 6.07) is 9.55. The summed E-state index contributed by atoms with van der Waals surface area (Å²) in [5, 5.41) is 68.9. The second-order valence-corrected chi connectivity index (χ2v) is 14.6. The van der Waals surface area contributed by atoms with Crippen molar-refractivity contribution in [2.75, 3.05) is 7.05 Å². The van der Waals surface area contributed by atoms with Crippen LogP contribution < -0.4 is 0 Å². The molecule has 0 amide bonds.